The first-order chi connectivity index (χ1) is 27.0. The smallest absolute Gasteiger partial charge is 0.306 e. The van der Waals surface area contributed by atoms with Gasteiger partial charge in [-0.1, -0.05) is 197 Å². The second-order valence-electron chi connectivity index (χ2n) is 15.4. The Hall–Kier alpha value is -2.44. The topological polar surface area (TPSA) is 95.9 Å². The maximum atomic E-state index is 13.1. The van der Waals surface area contributed by atoms with E-state index in [9.17, 15) is 19.8 Å². The van der Waals surface area contributed by atoms with Gasteiger partial charge in [0.25, 0.3) is 0 Å². The van der Waals surface area contributed by atoms with Crippen molar-refractivity contribution >= 4 is 11.9 Å². The maximum absolute atomic E-state index is 13.1. The quantitative estimate of drug-likeness (QED) is 0.0328. The maximum Gasteiger partial charge on any atom is 0.306 e. The summed E-state index contributed by atoms with van der Waals surface area (Å²) in [6.45, 7) is 6.31. The average molecular weight is 770 g/mol. The molecule has 0 fully saturated rings. The van der Waals surface area contributed by atoms with Crippen molar-refractivity contribution in [1.29, 1.82) is 0 Å². The van der Waals surface area contributed by atoms with Gasteiger partial charge in [-0.2, -0.15) is 0 Å². The number of hydrogen-bond acceptors (Lipinski definition) is 5. The van der Waals surface area contributed by atoms with Crippen molar-refractivity contribution in [2.45, 2.75) is 232 Å². The summed E-state index contributed by atoms with van der Waals surface area (Å²) in [5, 5.41) is 23.6. The van der Waals surface area contributed by atoms with E-state index in [1.807, 2.05) is 0 Å². The van der Waals surface area contributed by atoms with E-state index < -0.39 is 18.2 Å². The highest BCUT2D eigenvalue weighted by Crippen LogP contribution is 2.17. The van der Waals surface area contributed by atoms with Crippen molar-refractivity contribution in [1.82, 2.24) is 5.32 Å². The lowest BCUT2D eigenvalue weighted by Gasteiger charge is -2.24. The molecule has 0 spiro atoms. The van der Waals surface area contributed by atoms with E-state index in [0.29, 0.717) is 25.7 Å². The third-order valence-corrected chi connectivity index (χ3v) is 10.1. The first kappa shape index (κ1) is 52.6. The third-order valence-electron chi connectivity index (χ3n) is 10.1. The van der Waals surface area contributed by atoms with E-state index >= 15 is 0 Å². The van der Waals surface area contributed by atoms with Gasteiger partial charge in [-0.05, 0) is 64.2 Å². The molecule has 0 aromatic carbocycles. The zero-order chi connectivity index (χ0) is 40.3. The number of carbonyl (C=O) groups excluding carboxylic acids is 2. The van der Waals surface area contributed by atoms with Crippen molar-refractivity contribution in [3.8, 4) is 0 Å². The Morgan fingerprint density at radius 3 is 1.42 bits per heavy atom. The van der Waals surface area contributed by atoms with E-state index in [4.69, 9.17) is 4.74 Å². The van der Waals surface area contributed by atoms with Gasteiger partial charge in [0.15, 0.2) is 0 Å². The van der Waals surface area contributed by atoms with Crippen LogP contribution in [0.1, 0.15) is 213 Å². The number of esters is 1. The minimum absolute atomic E-state index is 0.0542. The van der Waals surface area contributed by atoms with Gasteiger partial charge in [-0.3, -0.25) is 9.59 Å². The van der Waals surface area contributed by atoms with Crippen LogP contribution in [0.2, 0.25) is 0 Å². The third kappa shape index (κ3) is 38.2. The molecule has 0 aliphatic carbocycles. The van der Waals surface area contributed by atoms with E-state index in [2.05, 4.69) is 86.8 Å². The summed E-state index contributed by atoms with van der Waals surface area (Å²) in [5.41, 5.74) is 0. The zero-order valence-electron chi connectivity index (χ0n) is 36.0. The van der Waals surface area contributed by atoms with Crippen LogP contribution >= 0.6 is 0 Å². The first-order valence-electron chi connectivity index (χ1n) is 23.0. The second kappa shape index (κ2) is 42.7. The minimum atomic E-state index is -0.794. The van der Waals surface area contributed by atoms with Gasteiger partial charge in [0, 0.05) is 6.42 Å². The molecule has 318 valence electrons. The summed E-state index contributed by atoms with van der Waals surface area (Å²) in [6.07, 6.45) is 51.4. The predicted molar refractivity (Wildman–Crippen MR) is 236 cm³/mol. The molecule has 0 saturated carbocycles. The van der Waals surface area contributed by atoms with Crippen LogP contribution in [-0.4, -0.2) is 46.9 Å². The van der Waals surface area contributed by atoms with E-state index in [1.165, 1.54) is 83.5 Å². The molecule has 1 amide bonds. The Bertz CT molecular complexity index is 999. The molecule has 6 heteroatoms. The Balaban J connectivity index is 4.58. The average Bonchev–Trinajstić information content (AvgIpc) is 3.18. The molecule has 0 aliphatic heterocycles. The fraction of sp³-hybridized carbons (Fsp3) is 0.755. The Morgan fingerprint density at radius 2 is 0.964 bits per heavy atom. The van der Waals surface area contributed by atoms with Crippen LogP contribution in [0.3, 0.4) is 0 Å². The first-order valence-corrected chi connectivity index (χ1v) is 23.0. The molecular weight excluding hydrogens is 683 g/mol. The Labute approximate surface area is 339 Å². The fourth-order valence-corrected chi connectivity index (χ4v) is 6.64. The van der Waals surface area contributed by atoms with Gasteiger partial charge < -0.3 is 20.3 Å². The van der Waals surface area contributed by atoms with Crippen molar-refractivity contribution in [3.63, 3.8) is 0 Å². The molecule has 0 bridgehead atoms. The number of aliphatic hydroxyl groups is 2. The summed E-state index contributed by atoms with van der Waals surface area (Å²) in [4.78, 5) is 25.9. The van der Waals surface area contributed by atoms with Crippen LogP contribution in [0.5, 0.6) is 0 Å². The number of aliphatic hydroxyl groups excluding tert-OH is 2. The molecule has 0 rings (SSSR count). The second-order valence-corrected chi connectivity index (χ2v) is 15.4. The van der Waals surface area contributed by atoms with Gasteiger partial charge >= 0.3 is 5.97 Å². The zero-order valence-corrected chi connectivity index (χ0v) is 36.0. The summed E-state index contributed by atoms with van der Waals surface area (Å²) >= 11 is 0. The van der Waals surface area contributed by atoms with Gasteiger partial charge in [0.2, 0.25) is 5.91 Å². The molecule has 3 N–H and O–H groups in total. The molecule has 55 heavy (non-hydrogen) atoms. The van der Waals surface area contributed by atoms with Crippen molar-refractivity contribution < 1.29 is 24.5 Å². The number of nitrogens with one attached hydrogen (secondary N) is 1. The van der Waals surface area contributed by atoms with Crippen molar-refractivity contribution in [2.24, 2.45) is 0 Å². The SMILES string of the molecule is CC/C=C\C/C=C\C/C=C\C/C=C\C/C=C\CCCC(=O)OC(CCCCCCCCCC)CC(=O)NC(CO)C(O)CCCCCCCCCCCCC. The van der Waals surface area contributed by atoms with Gasteiger partial charge in [-0.25, -0.2) is 0 Å². The highest BCUT2D eigenvalue weighted by Gasteiger charge is 2.24. The molecule has 6 nitrogen and oxygen atoms in total. The molecule has 3 unspecified atom stereocenters. The van der Waals surface area contributed by atoms with E-state index in [-0.39, 0.29) is 24.9 Å². The number of unbranched alkanes of at least 4 members (excludes halogenated alkanes) is 18. The predicted octanol–water partition coefficient (Wildman–Crippen LogP) is 13.3. The van der Waals surface area contributed by atoms with E-state index in [0.717, 1.165) is 77.0 Å². The molecule has 0 aromatic rings. The fourth-order valence-electron chi connectivity index (χ4n) is 6.64. The van der Waals surface area contributed by atoms with Crippen molar-refractivity contribution in [3.05, 3.63) is 60.8 Å². The highest BCUT2D eigenvalue weighted by molar-refractivity contribution is 5.77. The summed E-state index contributed by atoms with van der Waals surface area (Å²) < 4.78 is 5.86. The number of hydrogen-bond donors (Lipinski definition) is 3. The number of amides is 1. The molecular formula is C49H87NO5. The minimum Gasteiger partial charge on any atom is -0.462 e. The van der Waals surface area contributed by atoms with Crippen LogP contribution in [0.4, 0.5) is 0 Å². The molecule has 0 radical (unpaired) electrons. The molecule has 0 heterocycles. The lowest BCUT2D eigenvalue weighted by Crippen LogP contribution is -2.46. The molecule has 0 saturated heterocycles. The Kier molecular flexibility index (Phi) is 40.8. The lowest BCUT2D eigenvalue weighted by molar-refractivity contribution is -0.151. The standard InChI is InChI=1S/C49H87NO5/c1-4-7-10-13-16-19-21-22-23-24-25-26-28-30-33-36-39-42-49(54)55-45(40-37-34-31-18-15-12-9-6-3)43-48(53)50-46(44-51)47(52)41-38-35-32-29-27-20-17-14-11-8-5-2/h7,10,16,19,22-23,25-26,30,33,45-47,51-52H,4-6,8-9,11-15,17-18,20-21,24,27-29,31-32,34-44H2,1-3H3,(H,50,53)/b10-7-,19-16-,23-22-,26-25-,33-30-. The molecule has 0 aliphatic rings. The lowest BCUT2D eigenvalue weighted by atomic mass is 10.0. The van der Waals surface area contributed by atoms with Gasteiger partial charge in [-0.15, -0.1) is 0 Å². The van der Waals surface area contributed by atoms with Crippen molar-refractivity contribution in [2.75, 3.05) is 6.61 Å². The number of allylic oxidation sites excluding steroid dienone is 10. The van der Waals surface area contributed by atoms with Crippen LogP contribution < -0.4 is 5.32 Å². The van der Waals surface area contributed by atoms with Gasteiger partial charge in [0.05, 0.1) is 25.2 Å². The van der Waals surface area contributed by atoms with E-state index in [1.54, 1.807) is 0 Å². The molecule has 0 aromatic heterocycles. The number of ether oxygens (including phenoxy) is 1. The summed E-state index contributed by atoms with van der Waals surface area (Å²) in [7, 11) is 0. The normalized spacial score (nSPS) is 13.9. The van der Waals surface area contributed by atoms with Crippen LogP contribution in [0.25, 0.3) is 0 Å². The van der Waals surface area contributed by atoms with Gasteiger partial charge in [0.1, 0.15) is 6.10 Å². The van der Waals surface area contributed by atoms with Crippen LogP contribution in [0.15, 0.2) is 60.8 Å². The van der Waals surface area contributed by atoms with Crippen LogP contribution in [-0.2, 0) is 14.3 Å². The molecule has 3 atom stereocenters. The van der Waals surface area contributed by atoms with Crippen LogP contribution in [0, 0.1) is 0 Å². The monoisotopic (exact) mass is 770 g/mol. The summed E-state index contributed by atoms with van der Waals surface area (Å²) in [6, 6.07) is -0.710. The highest BCUT2D eigenvalue weighted by atomic mass is 16.5. The largest absolute Gasteiger partial charge is 0.462 e. The Morgan fingerprint density at radius 1 is 0.545 bits per heavy atom. The number of carbonyl (C=O) groups is 2. The summed E-state index contributed by atoms with van der Waals surface area (Å²) in [5.74, 6) is -0.548. The number of rotatable bonds is 40.